The van der Waals surface area contributed by atoms with Crippen LogP contribution in [0.4, 0.5) is 17.1 Å². The average Bonchev–Trinajstić information content (AvgIpc) is 3.07. The summed E-state index contributed by atoms with van der Waals surface area (Å²) in [7, 11) is 0. The maximum atomic E-state index is 3.61. The van der Waals surface area contributed by atoms with Gasteiger partial charge in [-0.1, -0.05) is 95.8 Å². The highest BCUT2D eigenvalue weighted by Gasteiger charge is 2.24. The summed E-state index contributed by atoms with van der Waals surface area (Å²) in [5.74, 6) is 0.142. The van der Waals surface area contributed by atoms with E-state index in [-0.39, 0.29) is 5.92 Å². The van der Waals surface area contributed by atoms with Crippen LogP contribution >= 0.6 is 0 Å². The third-order valence-corrected chi connectivity index (χ3v) is 9.62. The van der Waals surface area contributed by atoms with Gasteiger partial charge in [-0.25, -0.2) is 0 Å². The van der Waals surface area contributed by atoms with E-state index in [0.717, 1.165) is 32.7 Å². The quantitative estimate of drug-likeness (QED) is 0.105. The molecule has 0 aliphatic heterocycles. The Kier molecular flexibility index (Phi) is 13.9. The molecule has 46 heavy (non-hydrogen) atoms. The van der Waals surface area contributed by atoms with Crippen molar-refractivity contribution >= 4 is 27.8 Å². The first-order valence-corrected chi connectivity index (χ1v) is 18.4. The zero-order valence-corrected chi connectivity index (χ0v) is 30.1. The van der Waals surface area contributed by atoms with Gasteiger partial charge in [0.1, 0.15) is 0 Å². The zero-order valence-electron chi connectivity index (χ0n) is 30.1. The Morgan fingerprint density at radius 3 is 1.37 bits per heavy atom. The van der Waals surface area contributed by atoms with Crippen LogP contribution < -0.4 is 15.1 Å². The number of fused-ring (bicyclic) bond motifs is 1. The minimum absolute atomic E-state index is 0.142. The fraction of sp³-hybridized carbons (Fsp3) is 0.488. The summed E-state index contributed by atoms with van der Waals surface area (Å²) < 4.78 is 0. The van der Waals surface area contributed by atoms with Crippen LogP contribution in [-0.4, -0.2) is 32.7 Å². The lowest BCUT2D eigenvalue weighted by Crippen LogP contribution is -2.26. The Morgan fingerprint density at radius 1 is 0.522 bits per heavy atom. The monoisotopic (exact) mass is 619 g/mol. The van der Waals surface area contributed by atoms with Crippen molar-refractivity contribution in [2.45, 2.75) is 106 Å². The van der Waals surface area contributed by atoms with E-state index >= 15 is 0 Å². The molecule has 0 radical (unpaired) electrons. The van der Waals surface area contributed by atoms with Gasteiger partial charge < -0.3 is 15.1 Å². The third kappa shape index (κ3) is 8.66. The van der Waals surface area contributed by atoms with E-state index < -0.39 is 0 Å². The minimum atomic E-state index is 0.142. The Labute approximate surface area is 281 Å². The molecule has 0 aromatic heterocycles. The molecule has 0 unspecified atom stereocenters. The number of hydrogen-bond acceptors (Lipinski definition) is 3. The van der Waals surface area contributed by atoms with Crippen LogP contribution in [-0.2, 0) is 0 Å². The first-order valence-electron chi connectivity index (χ1n) is 18.4. The molecule has 0 heterocycles. The predicted molar refractivity (Wildman–Crippen MR) is 205 cm³/mol. The predicted octanol–water partition coefficient (Wildman–Crippen LogP) is 11.9. The lowest BCUT2D eigenvalue weighted by atomic mass is 9.79. The highest BCUT2D eigenvalue weighted by atomic mass is 15.1. The molecule has 4 rings (SSSR count). The molecule has 4 aromatic carbocycles. The largest absolute Gasteiger partial charge is 0.385 e. The molecular weight excluding hydrogens is 558 g/mol. The molecule has 0 aliphatic carbocycles. The lowest BCUT2D eigenvalue weighted by molar-refractivity contribution is 0.677. The fourth-order valence-electron chi connectivity index (χ4n) is 6.92. The number of nitrogens with one attached hydrogen (secondary N) is 1. The van der Waals surface area contributed by atoms with Crippen LogP contribution in [0.3, 0.4) is 0 Å². The highest BCUT2D eigenvalue weighted by molar-refractivity contribution is 5.97. The number of aryl methyl sites for hydroxylation is 2. The average molecular weight is 620 g/mol. The number of anilines is 3. The van der Waals surface area contributed by atoms with Gasteiger partial charge in [0, 0.05) is 61.1 Å². The molecular formula is C43H61N3. The second kappa shape index (κ2) is 18.0. The summed E-state index contributed by atoms with van der Waals surface area (Å²) in [4.78, 5) is 5.22. The normalized spacial score (nSPS) is 11.4. The SMILES string of the molecule is CCCCN(CCCC)c1ccc(C(c2ccc(N(CCCC)CCCC)cc2C)c2ccc(NCC)c3ccccc23)c(C)c1. The molecule has 3 heteroatoms. The van der Waals surface area contributed by atoms with Gasteiger partial charge in [0.05, 0.1) is 0 Å². The van der Waals surface area contributed by atoms with Crippen molar-refractivity contribution in [2.75, 3.05) is 47.8 Å². The van der Waals surface area contributed by atoms with Crippen LogP contribution in [0.25, 0.3) is 10.8 Å². The van der Waals surface area contributed by atoms with Gasteiger partial charge in [0.15, 0.2) is 0 Å². The third-order valence-electron chi connectivity index (χ3n) is 9.62. The van der Waals surface area contributed by atoms with Gasteiger partial charge in [-0.15, -0.1) is 0 Å². The Balaban J connectivity index is 1.87. The Hall–Kier alpha value is -3.46. The molecule has 248 valence electrons. The van der Waals surface area contributed by atoms with Crippen molar-refractivity contribution in [1.29, 1.82) is 0 Å². The maximum absolute atomic E-state index is 3.61. The van der Waals surface area contributed by atoms with Gasteiger partial charge in [-0.3, -0.25) is 0 Å². The molecule has 0 saturated heterocycles. The molecule has 0 fully saturated rings. The van der Waals surface area contributed by atoms with Gasteiger partial charge in [0.25, 0.3) is 0 Å². The number of rotatable bonds is 19. The summed E-state index contributed by atoms with van der Waals surface area (Å²) in [6, 6.07) is 28.3. The van der Waals surface area contributed by atoms with Gasteiger partial charge in [-0.2, -0.15) is 0 Å². The van der Waals surface area contributed by atoms with E-state index in [2.05, 4.69) is 136 Å². The first-order chi connectivity index (χ1) is 22.5. The van der Waals surface area contributed by atoms with Crippen molar-refractivity contribution in [3.8, 4) is 0 Å². The fourth-order valence-corrected chi connectivity index (χ4v) is 6.92. The maximum Gasteiger partial charge on any atom is 0.0419 e. The molecule has 1 N–H and O–H groups in total. The molecule has 0 amide bonds. The molecule has 4 aromatic rings. The molecule has 3 nitrogen and oxygen atoms in total. The summed E-state index contributed by atoms with van der Waals surface area (Å²) >= 11 is 0. The van der Waals surface area contributed by atoms with Crippen molar-refractivity contribution in [3.63, 3.8) is 0 Å². The van der Waals surface area contributed by atoms with Crippen molar-refractivity contribution in [3.05, 3.63) is 101 Å². The number of unbranched alkanes of at least 4 members (excludes halogenated alkanes) is 4. The molecule has 0 aliphatic rings. The van der Waals surface area contributed by atoms with Crippen molar-refractivity contribution < 1.29 is 0 Å². The van der Waals surface area contributed by atoms with E-state index in [1.54, 1.807) is 0 Å². The van der Waals surface area contributed by atoms with Crippen molar-refractivity contribution in [2.24, 2.45) is 0 Å². The van der Waals surface area contributed by atoms with Crippen LogP contribution in [0.1, 0.15) is 120 Å². The summed E-state index contributed by atoms with van der Waals surface area (Å²) in [5.41, 5.74) is 10.9. The summed E-state index contributed by atoms with van der Waals surface area (Å²) in [5, 5.41) is 6.24. The standard InChI is InChI=1S/C43H61N3/c1-8-13-27-45(28-14-9-2)35-21-23-37(33(6)31-35)43(41-25-26-42(44-12-5)40-20-18-17-19-39(40)41)38-24-22-36(32-34(38)7)46(29-15-10-3)30-16-11-4/h17-26,31-32,43-44H,8-16,27-30H2,1-7H3. The smallest absolute Gasteiger partial charge is 0.0419 e. The van der Waals surface area contributed by atoms with E-state index in [1.807, 2.05) is 0 Å². The Morgan fingerprint density at radius 2 is 0.957 bits per heavy atom. The van der Waals surface area contributed by atoms with E-state index in [9.17, 15) is 0 Å². The summed E-state index contributed by atoms with van der Waals surface area (Å²) in [6.07, 6.45) is 9.82. The van der Waals surface area contributed by atoms with E-state index in [1.165, 1.54) is 107 Å². The lowest BCUT2D eigenvalue weighted by Gasteiger charge is -2.29. The Bertz CT molecular complexity index is 1420. The van der Waals surface area contributed by atoms with Crippen LogP contribution in [0.15, 0.2) is 72.8 Å². The van der Waals surface area contributed by atoms with Gasteiger partial charge in [0.2, 0.25) is 0 Å². The second-order valence-corrected chi connectivity index (χ2v) is 13.2. The van der Waals surface area contributed by atoms with Crippen LogP contribution in [0.5, 0.6) is 0 Å². The highest BCUT2D eigenvalue weighted by Crippen LogP contribution is 2.42. The second-order valence-electron chi connectivity index (χ2n) is 13.2. The molecule has 0 saturated carbocycles. The van der Waals surface area contributed by atoms with Crippen LogP contribution in [0.2, 0.25) is 0 Å². The number of nitrogens with zero attached hydrogens (tertiary/aromatic N) is 2. The molecule has 0 atom stereocenters. The first kappa shape index (κ1) is 35.4. The molecule has 0 spiro atoms. The van der Waals surface area contributed by atoms with Crippen molar-refractivity contribution in [1.82, 2.24) is 0 Å². The summed E-state index contributed by atoms with van der Waals surface area (Å²) in [6.45, 7) is 21.4. The van der Waals surface area contributed by atoms with E-state index in [4.69, 9.17) is 0 Å². The number of hydrogen-bond donors (Lipinski definition) is 1. The van der Waals surface area contributed by atoms with Gasteiger partial charge in [-0.05, 0) is 110 Å². The topological polar surface area (TPSA) is 18.5 Å². The molecule has 0 bridgehead atoms. The van der Waals surface area contributed by atoms with Crippen LogP contribution in [0, 0.1) is 13.8 Å². The minimum Gasteiger partial charge on any atom is -0.385 e. The zero-order chi connectivity index (χ0) is 32.9. The van der Waals surface area contributed by atoms with E-state index in [0.29, 0.717) is 0 Å². The van der Waals surface area contributed by atoms with Gasteiger partial charge >= 0.3 is 0 Å². The number of benzene rings is 4.